The highest BCUT2D eigenvalue weighted by Gasteiger charge is 2.19. The number of ether oxygens (including phenoxy) is 1. The molecule has 1 aromatic rings. The molecule has 0 radical (unpaired) electrons. The standard InChI is InChI=1S/C12H15NO6/c1-19-9-5-6(8(13)2-3-10(14)15)4-7(11(9)16)12(17)18/h4-5,8,16H,2-3,13H2,1H3,(H,14,15)(H,17,18). The molecule has 0 saturated carbocycles. The summed E-state index contributed by atoms with van der Waals surface area (Å²) in [6.45, 7) is 0. The number of hydrogen-bond donors (Lipinski definition) is 4. The Hall–Kier alpha value is -2.28. The lowest BCUT2D eigenvalue weighted by molar-refractivity contribution is -0.137. The van der Waals surface area contributed by atoms with E-state index in [0.29, 0.717) is 5.56 Å². The molecule has 1 aromatic carbocycles. The molecule has 0 aliphatic rings. The fourth-order valence-corrected chi connectivity index (χ4v) is 1.61. The lowest BCUT2D eigenvalue weighted by atomic mass is 9.99. The highest BCUT2D eigenvalue weighted by atomic mass is 16.5. The van der Waals surface area contributed by atoms with Crippen LogP contribution in [0.15, 0.2) is 12.1 Å². The second-order valence-electron chi connectivity index (χ2n) is 3.96. The van der Waals surface area contributed by atoms with Gasteiger partial charge in [0, 0.05) is 12.5 Å². The summed E-state index contributed by atoms with van der Waals surface area (Å²) in [5, 5.41) is 27.2. The highest BCUT2D eigenvalue weighted by Crippen LogP contribution is 2.33. The first kappa shape index (κ1) is 14.8. The van der Waals surface area contributed by atoms with Gasteiger partial charge in [0.15, 0.2) is 11.5 Å². The van der Waals surface area contributed by atoms with Crippen molar-refractivity contribution in [3.8, 4) is 11.5 Å². The molecule has 0 bridgehead atoms. The minimum atomic E-state index is -1.32. The van der Waals surface area contributed by atoms with Crippen LogP contribution >= 0.6 is 0 Å². The Balaban J connectivity index is 3.10. The molecule has 104 valence electrons. The molecule has 19 heavy (non-hydrogen) atoms. The third kappa shape index (κ3) is 3.59. The summed E-state index contributed by atoms with van der Waals surface area (Å²) in [5.41, 5.74) is 5.86. The zero-order valence-electron chi connectivity index (χ0n) is 10.3. The number of carboxylic acids is 2. The number of carbonyl (C=O) groups is 2. The zero-order valence-corrected chi connectivity index (χ0v) is 10.3. The van der Waals surface area contributed by atoms with E-state index in [4.69, 9.17) is 20.7 Å². The van der Waals surface area contributed by atoms with Gasteiger partial charge in [0.25, 0.3) is 0 Å². The van der Waals surface area contributed by atoms with Crippen molar-refractivity contribution in [1.29, 1.82) is 0 Å². The lowest BCUT2D eigenvalue weighted by Gasteiger charge is -2.14. The first-order valence-corrected chi connectivity index (χ1v) is 5.48. The molecule has 0 fully saturated rings. The van der Waals surface area contributed by atoms with Crippen molar-refractivity contribution in [2.24, 2.45) is 5.73 Å². The summed E-state index contributed by atoms with van der Waals surface area (Å²) in [5.74, 6) is -2.80. The summed E-state index contributed by atoms with van der Waals surface area (Å²) in [6, 6.07) is 1.96. The van der Waals surface area contributed by atoms with Gasteiger partial charge < -0.3 is 25.8 Å². The predicted molar refractivity (Wildman–Crippen MR) is 65.4 cm³/mol. The van der Waals surface area contributed by atoms with Gasteiger partial charge in [-0.25, -0.2) is 4.79 Å². The van der Waals surface area contributed by atoms with Gasteiger partial charge in [-0.15, -0.1) is 0 Å². The third-order valence-electron chi connectivity index (χ3n) is 2.64. The van der Waals surface area contributed by atoms with E-state index in [-0.39, 0.29) is 24.2 Å². The van der Waals surface area contributed by atoms with Crippen molar-refractivity contribution in [2.45, 2.75) is 18.9 Å². The molecule has 1 unspecified atom stereocenters. The Morgan fingerprint density at radius 1 is 1.37 bits per heavy atom. The molecule has 0 heterocycles. The van der Waals surface area contributed by atoms with Gasteiger partial charge >= 0.3 is 11.9 Å². The van der Waals surface area contributed by atoms with Crippen LogP contribution in [0, 0.1) is 0 Å². The first-order chi connectivity index (χ1) is 8.86. The number of phenols is 1. The van der Waals surface area contributed by atoms with Crippen LogP contribution in [0.3, 0.4) is 0 Å². The highest BCUT2D eigenvalue weighted by molar-refractivity contribution is 5.92. The van der Waals surface area contributed by atoms with E-state index in [0.717, 1.165) is 0 Å². The molecule has 7 nitrogen and oxygen atoms in total. The number of rotatable bonds is 6. The molecule has 1 atom stereocenters. The quantitative estimate of drug-likeness (QED) is 0.605. The number of aromatic carboxylic acids is 1. The van der Waals surface area contributed by atoms with Crippen molar-refractivity contribution in [3.63, 3.8) is 0 Å². The Labute approximate surface area is 109 Å². The van der Waals surface area contributed by atoms with Crippen LogP contribution in [0.5, 0.6) is 11.5 Å². The van der Waals surface area contributed by atoms with E-state index >= 15 is 0 Å². The molecule has 0 saturated heterocycles. The van der Waals surface area contributed by atoms with Gasteiger partial charge in [0.05, 0.1) is 7.11 Å². The van der Waals surface area contributed by atoms with Gasteiger partial charge in [-0.05, 0) is 24.1 Å². The van der Waals surface area contributed by atoms with E-state index < -0.39 is 23.7 Å². The number of aromatic hydroxyl groups is 1. The van der Waals surface area contributed by atoms with E-state index in [1.54, 1.807) is 0 Å². The maximum atomic E-state index is 11.0. The van der Waals surface area contributed by atoms with E-state index in [2.05, 4.69) is 0 Å². The van der Waals surface area contributed by atoms with Crippen LogP contribution < -0.4 is 10.5 Å². The molecule has 7 heteroatoms. The van der Waals surface area contributed by atoms with Crippen LogP contribution in [0.25, 0.3) is 0 Å². The largest absolute Gasteiger partial charge is 0.504 e. The van der Waals surface area contributed by atoms with Crippen LogP contribution in [-0.2, 0) is 4.79 Å². The fraction of sp³-hybridized carbons (Fsp3) is 0.333. The summed E-state index contributed by atoms with van der Waals surface area (Å²) < 4.78 is 4.87. The maximum Gasteiger partial charge on any atom is 0.339 e. The zero-order chi connectivity index (χ0) is 14.6. The summed E-state index contributed by atoms with van der Waals surface area (Å²) in [6.07, 6.45) is 0.0229. The maximum absolute atomic E-state index is 11.0. The van der Waals surface area contributed by atoms with E-state index in [9.17, 15) is 14.7 Å². The second kappa shape index (κ2) is 6.05. The van der Waals surface area contributed by atoms with Gasteiger partial charge in [0.1, 0.15) is 5.56 Å². The monoisotopic (exact) mass is 269 g/mol. The number of nitrogens with two attached hydrogens (primary N) is 1. The number of benzene rings is 1. The average Bonchev–Trinajstić information content (AvgIpc) is 2.35. The topological polar surface area (TPSA) is 130 Å². The summed E-state index contributed by atoms with van der Waals surface area (Å²) >= 11 is 0. The SMILES string of the molecule is COc1cc(C(N)CCC(=O)O)cc(C(=O)O)c1O. The Kier molecular flexibility index (Phi) is 4.71. The summed E-state index contributed by atoms with van der Waals surface area (Å²) in [4.78, 5) is 21.5. The molecular formula is C12H15NO6. The number of carboxylic acid groups (broad SMARTS) is 2. The number of methoxy groups -OCH3 is 1. The molecule has 0 aromatic heterocycles. The van der Waals surface area contributed by atoms with Gasteiger partial charge in [-0.1, -0.05) is 0 Å². The minimum Gasteiger partial charge on any atom is -0.504 e. The van der Waals surface area contributed by atoms with Crippen molar-refractivity contribution in [2.75, 3.05) is 7.11 Å². The Bertz CT molecular complexity index is 499. The lowest BCUT2D eigenvalue weighted by Crippen LogP contribution is -2.13. The normalized spacial score (nSPS) is 11.9. The van der Waals surface area contributed by atoms with Crippen molar-refractivity contribution in [1.82, 2.24) is 0 Å². The third-order valence-corrected chi connectivity index (χ3v) is 2.64. The van der Waals surface area contributed by atoms with Crippen molar-refractivity contribution < 1.29 is 29.6 Å². The molecule has 0 amide bonds. The fourth-order valence-electron chi connectivity index (χ4n) is 1.61. The second-order valence-corrected chi connectivity index (χ2v) is 3.96. The van der Waals surface area contributed by atoms with Gasteiger partial charge in [-0.3, -0.25) is 4.79 Å². The Morgan fingerprint density at radius 3 is 2.47 bits per heavy atom. The van der Waals surface area contributed by atoms with E-state index in [1.165, 1.54) is 19.2 Å². The van der Waals surface area contributed by atoms with Crippen LogP contribution in [0.4, 0.5) is 0 Å². The number of hydrogen-bond acceptors (Lipinski definition) is 5. The summed E-state index contributed by atoms with van der Waals surface area (Å²) in [7, 11) is 1.28. The smallest absolute Gasteiger partial charge is 0.339 e. The van der Waals surface area contributed by atoms with E-state index in [1.807, 2.05) is 0 Å². The van der Waals surface area contributed by atoms with Crippen LogP contribution in [-0.4, -0.2) is 34.4 Å². The molecule has 1 rings (SSSR count). The number of aliphatic carboxylic acids is 1. The minimum absolute atomic E-state index is 0.0133. The predicted octanol–water partition coefficient (Wildman–Crippen LogP) is 0.964. The first-order valence-electron chi connectivity index (χ1n) is 5.48. The van der Waals surface area contributed by atoms with Gasteiger partial charge in [0.2, 0.25) is 0 Å². The van der Waals surface area contributed by atoms with Crippen LogP contribution in [0.2, 0.25) is 0 Å². The molecule has 5 N–H and O–H groups in total. The molecular weight excluding hydrogens is 254 g/mol. The average molecular weight is 269 g/mol. The van der Waals surface area contributed by atoms with Crippen LogP contribution in [0.1, 0.15) is 34.8 Å². The molecule has 0 spiro atoms. The van der Waals surface area contributed by atoms with Crippen molar-refractivity contribution in [3.05, 3.63) is 23.3 Å². The molecule has 0 aliphatic heterocycles. The van der Waals surface area contributed by atoms with Crippen molar-refractivity contribution >= 4 is 11.9 Å². The van der Waals surface area contributed by atoms with Gasteiger partial charge in [-0.2, -0.15) is 0 Å². The Morgan fingerprint density at radius 2 is 2.00 bits per heavy atom. The molecule has 0 aliphatic carbocycles.